The molecular formula is C17H27N7O5. The number of anilines is 1. The minimum atomic E-state index is -1.11. The van der Waals surface area contributed by atoms with Crippen LogP contribution in [0.25, 0.3) is 11.2 Å². The first-order valence-corrected chi connectivity index (χ1v) is 9.13. The van der Waals surface area contributed by atoms with Gasteiger partial charge in [0.1, 0.15) is 6.04 Å². The van der Waals surface area contributed by atoms with Crippen LogP contribution in [0.5, 0.6) is 0 Å². The Kier molecular flexibility index (Phi) is 9.29. The molecule has 0 radical (unpaired) electrons. The normalized spacial score (nSPS) is 11.4. The topological polar surface area (TPSA) is 201 Å². The number of likely N-dealkylation sites (N-methyl/N-ethyl adjacent to an activating group) is 1. The summed E-state index contributed by atoms with van der Waals surface area (Å²) in [5.41, 5.74) is 10.6. The van der Waals surface area contributed by atoms with E-state index in [1.54, 1.807) is 0 Å². The quantitative estimate of drug-likeness (QED) is 0.355. The summed E-state index contributed by atoms with van der Waals surface area (Å²) in [5, 5.41) is 9.03. The molecule has 0 saturated heterocycles. The molecule has 0 aliphatic rings. The van der Waals surface area contributed by atoms with Crippen LogP contribution in [0.1, 0.15) is 45.4 Å². The van der Waals surface area contributed by atoms with Crippen molar-refractivity contribution in [3.63, 3.8) is 0 Å². The standard InChI is InChI=1S/C12H22N2O4.C5H5N5O/c1-3-4-5-6-11(16)14(2)9(12(17)18)7-8-10(13)15;6-5-9-3-2(4(11)10-5)7-1-8-3/h9H,3-8H2,1-2H3,(H2,13,15)(H,17,18);1H,(H4,6,7,8,9,10,11). The van der Waals surface area contributed by atoms with E-state index in [1.165, 1.54) is 18.3 Å². The second kappa shape index (κ2) is 11.4. The highest BCUT2D eigenvalue weighted by Gasteiger charge is 2.26. The van der Waals surface area contributed by atoms with E-state index in [2.05, 4.69) is 19.9 Å². The van der Waals surface area contributed by atoms with Crippen LogP contribution in [0.15, 0.2) is 11.1 Å². The zero-order valence-corrected chi connectivity index (χ0v) is 16.5. The van der Waals surface area contributed by atoms with E-state index >= 15 is 0 Å². The number of rotatable bonds is 9. The predicted octanol–water partition coefficient (Wildman–Crippen LogP) is -0.0278. The summed E-state index contributed by atoms with van der Waals surface area (Å²) in [5.74, 6) is -1.80. The number of H-pyrrole nitrogens is 2. The fourth-order valence-corrected chi connectivity index (χ4v) is 2.50. The van der Waals surface area contributed by atoms with Gasteiger partial charge >= 0.3 is 5.97 Å². The number of aromatic amines is 2. The van der Waals surface area contributed by atoms with E-state index in [-0.39, 0.29) is 30.3 Å². The number of aromatic nitrogens is 4. The van der Waals surface area contributed by atoms with E-state index < -0.39 is 17.9 Å². The Bertz CT molecular complexity index is 892. The molecule has 0 aliphatic heterocycles. The number of nitrogens with two attached hydrogens (primary N) is 2. The Morgan fingerprint density at radius 2 is 1.97 bits per heavy atom. The highest BCUT2D eigenvalue weighted by molar-refractivity contribution is 5.84. The van der Waals surface area contributed by atoms with Crippen molar-refractivity contribution in [3.8, 4) is 0 Å². The van der Waals surface area contributed by atoms with Gasteiger partial charge in [0.05, 0.1) is 6.33 Å². The van der Waals surface area contributed by atoms with Crippen molar-refractivity contribution in [3.05, 3.63) is 16.7 Å². The minimum Gasteiger partial charge on any atom is -0.480 e. The Hall–Kier alpha value is -3.44. The lowest BCUT2D eigenvalue weighted by molar-refractivity contribution is -0.149. The molecule has 2 amide bonds. The molecule has 7 N–H and O–H groups in total. The van der Waals surface area contributed by atoms with E-state index in [1.807, 2.05) is 6.92 Å². The largest absolute Gasteiger partial charge is 0.480 e. The van der Waals surface area contributed by atoms with Gasteiger partial charge in [-0.05, 0) is 12.8 Å². The number of nitrogens with one attached hydrogen (secondary N) is 2. The van der Waals surface area contributed by atoms with Crippen LogP contribution in [0.2, 0.25) is 0 Å². The summed E-state index contributed by atoms with van der Waals surface area (Å²) >= 11 is 0. The van der Waals surface area contributed by atoms with Crippen LogP contribution in [0, 0.1) is 0 Å². The van der Waals surface area contributed by atoms with Gasteiger partial charge in [-0.1, -0.05) is 19.8 Å². The van der Waals surface area contributed by atoms with Gasteiger partial charge in [-0.15, -0.1) is 0 Å². The van der Waals surface area contributed by atoms with Gasteiger partial charge in [-0.25, -0.2) is 9.78 Å². The fraction of sp³-hybridized carbons (Fsp3) is 0.529. The van der Waals surface area contributed by atoms with Gasteiger partial charge in [-0.2, -0.15) is 4.98 Å². The van der Waals surface area contributed by atoms with Gasteiger partial charge in [0.25, 0.3) is 5.56 Å². The van der Waals surface area contributed by atoms with Crippen molar-refractivity contribution in [1.29, 1.82) is 0 Å². The van der Waals surface area contributed by atoms with E-state index in [4.69, 9.17) is 16.6 Å². The first-order chi connectivity index (χ1) is 13.7. The summed E-state index contributed by atoms with van der Waals surface area (Å²) in [4.78, 5) is 58.2. The maximum absolute atomic E-state index is 11.8. The molecular weight excluding hydrogens is 382 g/mol. The molecule has 2 rings (SSSR count). The van der Waals surface area contributed by atoms with Gasteiger partial charge < -0.3 is 26.5 Å². The molecule has 2 aromatic rings. The monoisotopic (exact) mass is 409 g/mol. The summed E-state index contributed by atoms with van der Waals surface area (Å²) < 4.78 is 0. The second-order valence-corrected chi connectivity index (χ2v) is 6.37. The highest BCUT2D eigenvalue weighted by Crippen LogP contribution is 2.10. The average Bonchev–Trinajstić information content (AvgIpc) is 3.10. The molecule has 0 spiro atoms. The van der Waals surface area contributed by atoms with E-state index in [0.717, 1.165) is 19.3 Å². The Morgan fingerprint density at radius 1 is 1.28 bits per heavy atom. The molecule has 12 heteroatoms. The number of fused-ring (bicyclic) bond motifs is 1. The van der Waals surface area contributed by atoms with Crippen LogP contribution in [-0.4, -0.2) is 60.8 Å². The third-order valence-electron chi connectivity index (χ3n) is 4.12. The van der Waals surface area contributed by atoms with Crippen LogP contribution in [0.3, 0.4) is 0 Å². The van der Waals surface area contributed by atoms with Crippen LogP contribution < -0.4 is 17.0 Å². The maximum atomic E-state index is 11.8. The van der Waals surface area contributed by atoms with Crippen molar-refractivity contribution in [2.24, 2.45) is 5.73 Å². The number of aliphatic carboxylic acids is 1. The number of carbonyl (C=O) groups excluding carboxylic acids is 2. The number of nitrogen functional groups attached to an aromatic ring is 1. The highest BCUT2D eigenvalue weighted by atomic mass is 16.4. The van der Waals surface area contributed by atoms with Crippen LogP contribution in [0.4, 0.5) is 5.95 Å². The van der Waals surface area contributed by atoms with Crippen molar-refractivity contribution < 1.29 is 19.5 Å². The lowest BCUT2D eigenvalue weighted by atomic mass is 10.1. The van der Waals surface area contributed by atoms with Crippen molar-refractivity contribution >= 4 is 34.9 Å². The molecule has 0 aliphatic carbocycles. The molecule has 0 saturated carbocycles. The van der Waals surface area contributed by atoms with Gasteiger partial charge in [-0.3, -0.25) is 19.4 Å². The van der Waals surface area contributed by atoms with Crippen molar-refractivity contribution in [2.75, 3.05) is 12.8 Å². The minimum absolute atomic E-state index is 0.0381. The number of carboxylic acids is 1. The Balaban J connectivity index is 0.000000321. The molecule has 160 valence electrons. The SMILES string of the molecule is CCCCCC(=O)N(C)C(CCC(N)=O)C(=O)O.Nc1nc2nc[nH]c2c(=O)[nH]1. The predicted molar refractivity (Wildman–Crippen MR) is 106 cm³/mol. The lowest BCUT2D eigenvalue weighted by Crippen LogP contribution is -2.42. The molecule has 0 bridgehead atoms. The maximum Gasteiger partial charge on any atom is 0.326 e. The molecule has 2 heterocycles. The van der Waals surface area contributed by atoms with E-state index in [0.29, 0.717) is 17.6 Å². The number of nitrogens with zero attached hydrogens (tertiary/aromatic N) is 3. The summed E-state index contributed by atoms with van der Waals surface area (Å²) in [7, 11) is 1.45. The number of hydrogen-bond donors (Lipinski definition) is 5. The summed E-state index contributed by atoms with van der Waals surface area (Å²) in [6.45, 7) is 2.03. The number of primary amides is 1. The molecule has 29 heavy (non-hydrogen) atoms. The molecule has 0 aromatic carbocycles. The number of amides is 2. The smallest absolute Gasteiger partial charge is 0.326 e. The van der Waals surface area contributed by atoms with E-state index in [9.17, 15) is 19.2 Å². The van der Waals surface area contributed by atoms with Crippen LogP contribution in [-0.2, 0) is 14.4 Å². The summed E-state index contributed by atoms with van der Waals surface area (Å²) in [6, 6.07) is -0.980. The number of unbranched alkanes of at least 4 members (excludes halogenated alkanes) is 2. The van der Waals surface area contributed by atoms with Gasteiger partial charge in [0.2, 0.25) is 17.8 Å². The molecule has 1 atom stereocenters. The fourth-order valence-electron chi connectivity index (χ4n) is 2.50. The molecule has 12 nitrogen and oxygen atoms in total. The molecule has 2 aromatic heterocycles. The number of carbonyl (C=O) groups is 3. The van der Waals surface area contributed by atoms with Crippen molar-refractivity contribution in [1.82, 2.24) is 24.8 Å². The Morgan fingerprint density at radius 3 is 2.55 bits per heavy atom. The molecule has 0 fully saturated rings. The average molecular weight is 409 g/mol. The van der Waals surface area contributed by atoms with Gasteiger partial charge in [0, 0.05) is 19.9 Å². The zero-order valence-electron chi connectivity index (χ0n) is 16.5. The number of carboxylic acid groups (broad SMARTS) is 1. The molecule has 1 unspecified atom stereocenters. The van der Waals surface area contributed by atoms with Crippen LogP contribution >= 0.6 is 0 Å². The van der Waals surface area contributed by atoms with Gasteiger partial charge in [0.15, 0.2) is 11.2 Å². The zero-order chi connectivity index (χ0) is 22.0. The third kappa shape index (κ3) is 7.60. The lowest BCUT2D eigenvalue weighted by Gasteiger charge is -2.24. The third-order valence-corrected chi connectivity index (χ3v) is 4.12. The first-order valence-electron chi connectivity index (χ1n) is 9.13. The Labute approximate surface area is 166 Å². The first kappa shape index (κ1) is 23.6. The summed E-state index contributed by atoms with van der Waals surface area (Å²) in [6.07, 6.45) is 4.45. The number of imidazole rings is 1. The number of hydrogen-bond acceptors (Lipinski definition) is 7. The second-order valence-electron chi connectivity index (χ2n) is 6.37. The van der Waals surface area contributed by atoms with Crippen molar-refractivity contribution in [2.45, 2.75) is 51.5 Å².